The SMILES string of the molecule is COc1cccc(NC(=O)C(=O)N/N=C\c2ccc(OC)cc2OC)c1. The minimum atomic E-state index is -0.906. The summed E-state index contributed by atoms with van der Waals surface area (Å²) in [5.74, 6) is -0.0506. The van der Waals surface area contributed by atoms with E-state index in [4.69, 9.17) is 14.2 Å². The molecule has 0 saturated heterocycles. The van der Waals surface area contributed by atoms with Gasteiger partial charge in [0, 0.05) is 23.4 Å². The number of carbonyl (C=O) groups is 2. The Kier molecular flexibility index (Phi) is 6.55. The zero-order valence-corrected chi connectivity index (χ0v) is 14.6. The van der Waals surface area contributed by atoms with Crippen molar-refractivity contribution in [3.63, 3.8) is 0 Å². The summed E-state index contributed by atoms with van der Waals surface area (Å²) in [6.45, 7) is 0. The van der Waals surface area contributed by atoms with Gasteiger partial charge in [0.25, 0.3) is 0 Å². The van der Waals surface area contributed by atoms with E-state index < -0.39 is 11.8 Å². The van der Waals surface area contributed by atoms with E-state index in [1.165, 1.54) is 20.4 Å². The number of hydrogen-bond acceptors (Lipinski definition) is 6. The van der Waals surface area contributed by atoms with Gasteiger partial charge in [0.2, 0.25) is 0 Å². The maximum Gasteiger partial charge on any atom is 0.329 e. The van der Waals surface area contributed by atoms with Crippen molar-refractivity contribution in [3.8, 4) is 17.2 Å². The average Bonchev–Trinajstić information content (AvgIpc) is 2.68. The largest absolute Gasteiger partial charge is 0.497 e. The van der Waals surface area contributed by atoms with E-state index in [1.807, 2.05) is 0 Å². The Bertz CT molecular complexity index is 820. The van der Waals surface area contributed by atoms with Crippen LogP contribution in [-0.4, -0.2) is 39.4 Å². The first-order valence-electron chi connectivity index (χ1n) is 7.58. The van der Waals surface area contributed by atoms with Crippen molar-refractivity contribution >= 4 is 23.7 Å². The molecule has 2 aromatic rings. The molecular formula is C18H19N3O5. The Labute approximate surface area is 150 Å². The van der Waals surface area contributed by atoms with Crippen LogP contribution < -0.4 is 25.0 Å². The van der Waals surface area contributed by atoms with Crippen LogP contribution >= 0.6 is 0 Å². The van der Waals surface area contributed by atoms with Crippen molar-refractivity contribution in [3.05, 3.63) is 48.0 Å². The van der Waals surface area contributed by atoms with Crippen LogP contribution in [0.25, 0.3) is 0 Å². The van der Waals surface area contributed by atoms with E-state index in [1.54, 1.807) is 49.6 Å². The van der Waals surface area contributed by atoms with Gasteiger partial charge in [0.05, 0.1) is 27.5 Å². The van der Waals surface area contributed by atoms with E-state index in [9.17, 15) is 9.59 Å². The number of nitrogens with one attached hydrogen (secondary N) is 2. The topological polar surface area (TPSA) is 98.2 Å². The molecule has 8 heteroatoms. The molecule has 0 unspecified atom stereocenters. The van der Waals surface area contributed by atoms with Gasteiger partial charge in [0.15, 0.2) is 0 Å². The second kappa shape index (κ2) is 9.07. The van der Waals surface area contributed by atoms with Gasteiger partial charge in [0.1, 0.15) is 17.2 Å². The maximum absolute atomic E-state index is 11.9. The van der Waals surface area contributed by atoms with Gasteiger partial charge in [-0.3, -0.25) is 9.59 Å². The fourth-order valence-corrected chi connectivity index (χ4v) is 2.02. The summed E-state index contributed by atoms with van der Waals surface area (Å²) in [5.41, 5.74) is 3.21. The Morgan fingerprint density at radius 3 is 2.35 bits per heavy atom. The molecule has 0 atom stereocenters. The molecule has 2 amide bonds. The van der Waals surface area contributed by atoms with Gasteiger partial charge in [-0.25, -0.2) is 5.43 Å². The van der Waals surface area contributed by atoms with E-state index in [0.29, 0.717) is 28.5 Å². The van der Waals surface area contributed by atoms with Gasteiger partial charge >= 0.3 is 11.8 Å². The first kappa shape index (κ1) is 18.8. The molecule has 0 aliphatic heterocycles. The molecule has 0 aromatic heterocycles. The molecule has 0 fully saturated rings. The molecule has 8 nitrogen and oxygen atoms in total. The Balaban J connectivity index is 1.97. The summed E-state index contributed by atoms with van der Waals surface area (Å²) >= 11 is 0. The van der Waals surface area contributed by atoms with Crippen LogP contribution in [0, 0.1) is 0 Å². The molecule has 2 N–H and O–H groups in total. The van der Waals surface area contributed by atoms with E-state index in [2.05, 4.69) is 15.8 Å². The van der Waals surface area contributed by atoms with Crippen LogP contribution in [0.15, 0.2) is 47.6 Å². The van der Waals surface area contributed by atoms with Crippen LogP contribution in [0.3, 0.4) is 0 Å². The van der Waals surface area contributed by atoms with Crippen molar-refractivity contribution in [1.82, 2.24) is 5.43 Å². The zero-order chi connectivity index (χ0) is 18.9. The molecule has 0 aliphatic carbocycles. The molecule has 0 heterocycles. The first-order chi connectivity index (χ1) is 12.6. The summed E-state index contributed by atoms with van der Waals surface area (Å²) in [5, 5.41) is 6.23. The van der Waals surface area contributed by atoms with E-state index in [-0.39, 0.29) is 0 Å². The minimum absolute atomic E-state index is 0.435. The highest BCUT2D eigenvalue weighted by molar-refractivity contribution is 6.39. The lowest BCUT2D eigenvalue weighted by atomic mass is 10.2. The fraction of sp³-hybridized carbons (Fsp3) is 0.167. The number of benzene rings is 2. The summed E-state index contributed by atoms with van der Waals surface area (Å²) in [6, 6.07) is 11.8. The highest BCUT2D eigenvalue weighted by atomic mass is 16.5. The Morgan fingerprint density at radius 2 is 1.65 bits per heavy atom. The normalized spacial score (nSPS) is 10.3. The third kappa shape index (κ3) is 4.97. The minimum Gasteiger partial charge on any atom is -0.497 e. The molecule has 0 spiro atoms. The quantitative estimate of drug-likeness (QED) is 0.467. The van der Waals surface area contributed by atoms with Gasteiger partial charge in [-0.05, 0) is 24.3 Å². The van der Waals surface area contributed by atoms with Gasteiger partial charge in [-0.15, -0.1) is 0 Å². The third-order valence-corrected chi connectivity index (χ3v) is 3.34. The monoisotopic (exact) mass is 357 g/mol. The van der Waals surface area contributed by atoms with Crippen molar-refractivity contribution in [2.45, 2.75) is 0 Å². The third-order valence-electron chi connectivity index (χ3n) is 3.34. The number of nitrogens with zero attached hydrogens (tertiary/aromatic N) is 1. The number of hydrogen-bond donors (Lipinski definition) is 2. The summed E-state index contributed by atoms with van der Waals surface area (Å²) in [7, 11) is 4.56. The van der Waals surface area contributed by atoms with Crippen LogP contribution in [0.1, 0.15) is 5.56 Å². The second-order valence-corrected chi connectivity index (χ2v) is 4.99. The number of carbonyl (C=O) groups excluding carboxylic acids is 2. The van der Waals surface area contributed by atoms with Gasteiger partial charge in [-0.1, -0.05) is 6.07 Å². The molecule has 0 aliphatic rings. The van der Waals surface area contributed by atoms with Crippen LogP contribution in [0.4, 0.5) is 5.69 Å². The first-order valence-corrected chi connectivity index (χ1v) is 7.58. The Morgan fingerprint density at radius 1 is 0.923 bits per heavy atom. The van der Waals surface area contributed by atoms with Crippen molar-refractivity contribution in [1.29, 1.82) is 0 Å². The zero-order valence-electron chi connectivity index (χ0n) is 14.6. The maximum atomic E-state index is 11.9. The predicted molar refractivity (Wildman–Crippen MR) is 96.9 cm³/mol. The van der Waals surface area contributed by atoms with Crippen molar-refractivity contribution < 1.29 is 23.8 Å². The number of ether oxygens (including phenoxy) is 3. The number of methoxy groups -OCH3 is 3. The van der Waals surface area contributed by atoms with Crippen LogP contribution in [0.5, 0.6) is 17.2 Å². The number of hydrazone groups is 1. The molecule has 0 saturated carbocycles. The molecular weight excluding hydrogens is 338 g/mol. The highest BCUT2D eigenvalue weighted by Crippen LogP contribution is 2.23. The molecule has 0 bridgehead atoms. The number of anilines is 1. The Hall–Kier alpha value is -3.55. The second-order valence-electron chi connectivity index (χ2n) is 4.99. The van der Waals surface area contributed by atoms with Crippen LogP contribution in [-0.2, 0) is 9.59 Å². The lowest BCUT2D eigenvalue weighted by molar-refractivity contribution is -0.136. The van der Waals surface area contributed by atoms with Crippen molar-refractivity contribution in [2.75, 3.05) is 26.6 Å². The standard InChI is InChI=1S/C18H19N3O5/c1-24-14-6-4-5-13(9-14)20-17(22)18(23)21-19-11-12-7-8-15(25-2)10-16(12)26-3/h4-11H,1-3H3,(H,20,22)(H,21,23)/b19-11-. The molecule has 2 rings (SSSR count). The number of rotatable bonds is 6. The molecule has 26 heavy (non-hydrogen) atoms. The lowest BCUT2D eigenvalue weighted by Gasteiger charge is -2.07. The summed E-state index contributed by atoms with van der Waals surface area (Å²) in [4.78, 5) is 23.7. The highest BCUT2D eigenvalue weighted by Gasteiger charge is 2.13. The van der Waals surface area contributed by atoms with Crippen LogP contribution in [0.2, 0.25) is 0 Å². The molecule has 2 aromatic carbocycles. The fourth-order valence-electron chi connectivity index (χ4n) is 2.02. The average molecular weight is 357 g/mol. The molecule has 136 valence electrons. The summed E-state index contributed by atoms with van der Waals surface area (Å²) in [6.07, 6.45) is 1.37. The smallest absolute Gasteiger partial charge is 0.329 e. The lowest BCUT2D eigenvalue weighted by Crippen LogP contribution is -2.32. The predicted octanol–water partition coefficient (Wildman–Crippen LogP) is 1.80. The van der Waals surface area contributed by atoms with Crippen molar-refractivity contribution in [2.24, 2.45) is 5.10 Å². The molecule has 0 radical (unpaired) electrons. The van der Waals surface area contributed by atoms with E-state index in [0.717, 1.165) is 0 Å². The van der Waals surface area contributed by atoms with Gasteiger partial charge in [-0.2, -0.15) is 5.10 Å². The number of amides is 2. The van der Waals surface area contributed by atoms with Gasteiger partial charge < -0.3 is 19.5 Å². The van der Waals surface area contributed by atoms with E-state index >= 15 is 0 Å². The summed E-state index contributed by atoms with van der Waals surface area (Å²) < 4.78 is 15.4.